The van der Waals surface area contributed by atoms with E-state index < -0.39 is 9.85 Å². The second-order valence-corrected chi connectivity index (χ2v) is 7.59. The van der Waals surface area contributed by atoms with Crippen molar-refractivity contribution in [3.8, 4) is 0 Å². The van der Waals surface area contributed by atoms with Crippen LogP contribution in [0.25, 0.3) is 0 Å². The number of nitrogens with zero attached hydrogens (tertiary/aromatic N) is 4. The molecule has 14 nitrogen and oxygen atoms in total. The third-order valence-electron chi connectivity index (χ3n) is 5.33. The Hall–Kier alpha value is -4.30. The van der Waals surface area contributed by atoms with Gasteiger partial charge in [-0.05, 0) is 12.1 Å². The van der Waals surface area contributed by atoms with Crippen LogP contribution in [0.4, 0.5) is 34.1 Å². The van der Waals surface area contributed by atoms with E-state index in [-0.39, 0.29) is 50.9 Å². The lowest BCUT2D eigenvalue weighted by atomic mass is 10.2. The van der Waals surface area contributed by atoms with Crippen LogP contribution in [0.5, 0.6) is 0 Å². The standard InChI is InChI=1S/C22H26N6O8/c29-15-25-7-11-36-12-8-26(16-30)22-4-2-18(28(33)34)14-20(22)24-6-10-35-9-5-23-19-13-17(27(31)32)1-3-21(19)25/h1-4,13-16,23-24H,5-12H2. The Kier molecular flexibility index (Phi) is 9.48. The van der Waals surface area contributed by atoms with Crippen molar-refractivity contribution in [2.75, 3.05) is 73.0 Å². The number of benzene rings is 2. The molecule has 0 unspecified atom stereocenters. The van der Waals surface area contributed by atoms with Gasteiger partial charge in [0.15, 0.2) is 0 Å². The molecule has 2 aromatic rings. The van der Waals surface area contributed by atoms with Crippen molar-refractivity contribution in [2.45, 2.75) is 0 Å². The molecule has 0 radical (unpaired) electrons. The molecular formula is C22H26N6O8. The lowest BCUT2D eigenvalue weighted by Crippen LogP contribution is -2.30. The van der Waals surface area contributed by atoms with Gasteiger partial charge in [-0.15, -0.1) is 0 Å². The maximum atomic E-state index is 11.8. The molecule has 2 N–H and O–H groups in total. The van der Waals surface area contributed by atoms with Gasteiger partial charge in [0.1, 0.15) is 0 Å². The number of ether oxygens (including phenoxy) is 2. The molecule has 1 aliphatic rings. The quantitative estimate of drug-likeness (QED) is 0.358. The molecule has 0 aromatic heterocycles. The molecule has 192 valence electrons. The van der Waals surface area contributed by atoms with Crippen molar-refractivity contribution in [1.29, 1.82) is 0 Å². The third-order valence-corrected chi connectivity index (χ3v) is 5.33. The maximum absolute atomic E-state index is 11.8. The molecular weight excluding hydrogens is 476 g/mol. The summed E-state index contributed by atoms with van der Waals surface area (Å²) in [6.07, 6.45) is 1.22. The van der Waals surface area contributed by atoms with E-state index in [4.69, 9.17) is 9.47 Å². The van der Waals surface area contributed by atoms with Crippen LogP contribution in [-0.4, -0.2) is 75.3 Å². The van der Waals surface area contributed by atoms with Crippen molar-refractivity contribution in [3.63, 3.8) is 0 Å². The van der Waals surface area contributed by atoms with E-state index in [1.165, 1.54) is 46.2 Å². The number of nitrogens with one attached hydrogen (secondary N) is 2. The van der Waals surface area contributed by atoms with Gasteiger partial charge in [0.05, 0.1) is 59.0 Å². The van der Waals surface area contributed by atoms with Crippen LogP contribution in [0.2, 0.25) is 0 Å². The first kappa shape index (κ1) is 26.3. The third kappa shape index (κ3) is 6.86. The number of rotatable bonds is 4. The van der Waals surface area contributed by atoms with Crippen LogP contribution in [0.1, 0.15) is 0 Å². The van der Waals surface area contributed by atoms with Crippen LogP contribution in [-0.2, 0) is 19.1 Å². The van der Waals surface area contributed by atoms with Gasteiger partial charge in [0, 0.05) is 50.4 Å². The number of fused-ring (bicyclic) bond motifs is 2. The summed E-state index contributed by atoms with van der Waals surface area (Å²) in [5.74, 6) is 0. The summed E-state index contributed by atoms with van der Waals surface area (Å²) in [4.78, 5) is 47.6. The Bertz CT molecular complexity index is 1010. The number of amides is 2. The van der Waals surface area contributed by atoms with Gasteiger partial charge in [-0.1, -0.05) is 0 Å². The monoisotopic (exact) mass is 502 g/mol. The predicted molar refractivity (Wildman–Crippen MR) is 132 cm³/mol. The van der Waals surface area contributed by atoms with E-state index in [0.29, 0.717) is 48.7 Å². The van der Waals surface area contributed by atoms with Crippen LogP contribution < -0.4 is 20.4 Å². The zero-order chi connectivity index (χ0) is 25.9. The van der Waals surface area contributed by atoms with E-state index in [1.54, 1.807) is 0 Å². The molecule has 36 heavy (non-hydrogen) atoms. The minimum atomic E-state index is -0.523. The van der Waals surface area contributed by atoms with Gasteiger partial charge >= 0.3 is 0 Å². The minimum absolute atomic E-state index is 0.127. The number of hydrogen-bond donors (Lipinski definition) is 2. The van der Waals surface area contributed by atoms with Gasteiger partial charge in [-0.3, -0.25) is 29.8 Å². The first-order valence-corrected chi connectivity index (χ1v) is 11.1. The van der Waals surface area contributed by atoms with E-state index in [2.05, 4.69) is 10.6 Å². The average molecular weight is 502 g/mol. The molecule has 2 amide bonds. The Morgan fingerprint density at radius 2 is 1.14 bits per heavy atom. The Balaban J connectivity index is 1.79. The summed E-state index contributed by atoms with van der Waals surface area (Å²) in [5, 5.41) is 28.5. The lowest BCUT2D eigenvalue weighted by molar-refractivity contribution is -0.385. The van der Waals surface area contributed by atoms with Gasteiger partial charge in [0.2, 0.25) is 12.8 Å². The Labute approximate surface area is 206 Å². The molecule has 0 spiro atoms. The first-order chi connectivity index (χ1) is 17.4. The minimum Gasteiger partial charge on any atom is -0.381 e. The summed E-state index contributed by atoms with van der Waals surface area (Å²) < 4.78 is 11.2. The van der Waals surface area contributed by atoms with Crippen molar-refractivity contribution >= 4 is 46.9 Å². The van der Waals surface area contributed by atoms with Crippen LogP contribution in [0, 0.1) is 20.2 Å². The largest absolute Gasteiger partial charge is 0.381 e. The van der Waals surface area contributed by atoms with Gasteiger partial charge in [-0.2, -0.15) is 0 Å². The molecule has 2 aromatic carbocycles. The number of hydrogen-bond acceptors (Lipinski definition) is 10. The molecule has 0 saturated carbocycles. The van der Waals surface area contributed by atoms with E-state index in [0.717, 1.165) is 0 Å². The molecule has 1 aliphatic heterocycles. The van der Waals surface area contributed by atoms with Crippen molar-refractivity contribution in [2.24, 2.45) is 0 Å². The summed E-state index contributed by atoms with van der Waals surface area (Å²) in [7, 11) is 0. The van der Waals surface area contributed by atoms with E-state index >= 15 is 0 Å². The SMILES string of the molecule is O=CN1CCOCCN(C=O)c2ccc([N+](=O)[O-])cc2NCCOCCNc2cc([N+](=O)[O-])ccc21. The number of anilines is 4. The summed E-state index contributed by atoms with van der Waals surface area (Å²) in [6, 6.07) is 8.30. The number of nitro benzene ring substituents is 2. The smallest absolute Gasteiger partial charge is 0.271 e. The zero-order valence-corrected chi connectivity index (χ0v) is 19.3. The zero-order valence-electron chi connectivity index (χ0n) is 19.3. The van der Waals surface area contributed by atoms with Crippen LogP contribution in [0.3, 0.4) is 0 Å². The molecule has 0 bridgehead atoms. The molecule has 0 aliphatic carbocycles. The molecule has 1 heterocycles. The van der Waals surface area contributed by atoms with Crippen molar-refractivity contribution < 1.29 is 28.9 Å². The van der Waals surface area contributed by atoms with Crippen LogP contribution in [0.15, 0.2) is 36.4 Å². The molecule has 3 rings (SSSR count). The van der Waals surface area contributed by atoms with Crippen molar-refractivity contribution in [1.82, 2.24) is 0 Å². The first-order valence-electron chi connectivity index (χ1n) is 11.1. The predicted octanol–water partition coefficient (Wildman–Crippen LogP) is 2.00. The van der Waals surface area contributed by atoms with Gasteiger partial charge < -0.3 is 29.9 Å². The number of non-ortho nitro benzene ring substituents is 2. The Morgan fingerprint density at radius 3 is 1.53 bits per heavy atom. The topological polar surface area (TPSA) is 169 Å². The fourth-order valence-electron chi connectivity index (χ4n) is 3.56. The number of carbonyl (C=O) groups is 2. The number of nitro groups is 2. The molecule has 0 fully saturated rings. The molecule has 0 saturated heterocycles. The highest BCUT2D eigenvalue weighted by molar-refractivity contribution is 5.85. The molecule has 0 atom stereocenters. The Morgan fingerprint density at radius 1 is 0.722 bits per heavy atom. The van der Waals surface area contributed by atoms with E-state index in [1.807, 2.05) is 0 Å². The normalized spacial score (nSPS) is 15.7. The fraction of sp³-hybridized carbons (Fsp3) is 0.364. The molecule has 14 heteroatoms. The highest BCUT2D eigenvalue weighted by atomic mass is 16.6. The van der Waals surface area contributed by atoms with Crippen molar-refractivity contribution in [3.05, 3.63) is 56.6 Å². The van der Waals surface area contributed by atoms with Gasteiger partial charge in [0.25, 0.3) is 11.4 Å². The fourth-order valence-corrected chi connectivity index (χ4v) is 3.56. The lowest BCUT2D eigenvalue weighted by Gasteiger charge is -2.23. The second kappa shape index (κ2) is 13.0. The highest BCUT2D eigenvalue weighted by Gasteiger charge is 2.18. The van der Waals surface area contributed by atoms with Gasteiger partial charge in [-0.25, -0.2) is 0 Å². The van der Waals surface area contributed by atoms with E-state index in [9.17, 15) is 29.8 Å². The maximum Gasteiger partial charge on any atom is 0.271 e. The number of carbonyl (C=O) groups excluding carboxylic acids is 2. The average Bonchev–Trinajstić information content (AvgIpc) is 2.87. The van der Waals surface area contributed by atoms with Crippen LogP contribution >= 0.6 is 0 Å². The summed E-state index contributed by atoms with van der Waals surface area (Å²) in [5.41, 5.74) is 1.44. The summed E-state index contributed by atoms with van der Waals surface area (Å²) in [6.45, 7) is 1.70. The summed E-state index contributed by atoms with van der Waals surface area (Å²) >= 11 is 0. The highest BCUT2D eigenvalue weighted by Crippen LogP contribution is 2.31. The second-order valence-electron chi connectivity index (χ2n) is 7.59.